The number of benzene rings is 2. The molecule has 32 heavy (non-hydrogen) atoms. The molecule has 0 spiro atoms. The van der Waals surface area contributed by atoms with Gasteiger partial charge in [0, 0.05) is 52.9 Å². The molecule has 164 valence electrons. The zero-order valence-electron chi connectivity index (χ0n) is 17.4. The van der Waals surface area contributed by atoms with Crippen LogP contribution in [-0.4, -0.2) is 34.0 Å². The van der Waals surface area contributed by atoms with Crippen molar-refractivity contribution in [3.8, 4) is 0 Å². The van der Waals surface area contributed by atoms with E-state index in [2.05, 4.69) is 10.5 Å². The monoisotopic (exact) mass is 452 g/mol. The summed E-state index contributed by atoms with van der Waals surface area (Å²) in [4.78, 5) is 13.8. The normalized spacial score (nSPS) is 16.1. The molecule has 0 saturated carbocycles. The molecular weight excluding hydrogens is 431 g/mol. The fourth-order valence-electron chi connectivity index (χ4n) is 4.35. The lowest BCUT2D eigenvalue weighted by molar-refractivity contribution is -0.109. The van der Waals surface area contributed by atoms with Crippen molar-refractivity contribution in [1.82, 2.24) is 14.6 Å². The molecular formula is C23H22ClFN6O. The average molecular weight is 453 g/mol. The number of carbonyl (C=O) groups is 1. The Morgan fingerprint density at radius 3 is 2.78 bits per heavy atom. The maximum atomic E-state index is 14.2. The molecule has 9 heteroatoms. The van der Waals surface area contributed by atoms with Gasteiger partial charge in [-0.25, -0.2) is 4.39 Å². The third-order valence-corrected chi connectivity index (χ3v) is 6.05. The Morgan fingerprint density at radius 1 is 1.19 bits per heavy atom. The predicted octanol–water partition coefficient (Wildman–Crippen LogP) is 3.57. The number of hydrazone groups is 1. The van der Waals surface area contributed by atoms with E-state index in [4.69, 9.17) is 17.3 Å². The number of hydrogen-bond acceptors (Lipinski definition) is 5. The smallest absolute Gasteiger partial charge is 0.177 e. The number of amidine groups is 1. The largest absolute Gasteiger partial charge is 0.350 e. The second-order valence-electron chi connectivity index (χ2n) is 7.84. The highest BCUT2D eigenvalue weighted by Crippen LogP contribution is 2.35. The maximum absolute atomic E-state index is 14.2. The first kappa shape index (κ1) is 20.5. The summed E-state index contributed by atoms with van der Waals surface area (Å²) in [5.74, 6) is 0.220. The van der Waals surface area contributed by atoms with Crippen molar-refractivity contribution in [2.24, 2.45) is 17.9 Å². The van der Waals surface area contributed by atoms with Crippen LogP contribution >= 0.6 is 11.6 Å². The van der Waals surface area contributed by atoms with Crippen LogP contribution in [0.2, 0.25) is 5.02 Å². The summed E-state index contributed by atoms with van der Waals surface area (Å²) in [6.07, 6.45) is 4.72. The van der Waals surface area contributed by atoms with Crippen LogP contribution in [0.1, 0.15) is 12.0 Å². The van der Waals surface area contributed by atoms with Crippen molar-refractivity contribution in [3.05, 3.63) is 65.2 Å². The number of hydrogen-bond donors (Lipinski definition) is 2. The predicted molar refractivity (Wildman–Crippen MR) is 126 cm³/mol. The number of nitrogens with zero attached hydrogens (tertiary/aromatic N) is 4. The molecule has 2 aromatic carbocycles. The molecule has 0 amide bonds. The number of aromatic nitrogens is 2. The van der Waals surface area contributed by atoms with E-state index in [1.54, 1.807) is 6.07 Å². The molecule has 7 nitrogen and oxygen atoms in total. The minimum absolute atomic E-state index is 0.347. The minimum Gasteiger partial charge on any atom is -0.350 e. The highest BCUT2D eigenvalue weighted by molar-refractivity contribution is 6.32. The number of nitrogens with two attached hydrogens (primary N) is 1. The van der Waals surface area contributed by atoms with Crippen LogP contribution in [0.5, 0.6) is 0 Å². The topological polar surface area (TPSA) is 80.6 Å². The number of aldehydes is 1. The number of carbonyl (C=O) groups excluding carboxylic acids is 1. The van der Waals surface area contributed by atoms with E-state index in [1.807, 2.05) is 51.7 Å². The Kier molecular flexibility index (Phi) is 5.11. The van der Waals surface area contributed by atoms with E-state index in [1.165, 1.54) is 12.1 Å². The highest BCUT2D eigenvalue weighted by Gasteiger charge is 2.33. The third-order valence-electron chi connectivity index (χ3n) is 5.82. The standard InChI is InChI=1S/C23H22ClFN6O/c1-29-11-18(16-9-14(24)3-5-19(16)29)23-28-27-22(13-32)31(23)21-12-30(8-2-7-26)20-6-4-15(25)10-17(20)21/h3-6,9-13,22,27H,2,7-8,26H2,1H3. The van der Waals surface area contributed by atoms with E-state index in [9.17, 15) is 9.18 Å². The van der Waals surface area contributed by atoms with Crippen molar-refractivity contribution >= 4 is 51.2 Å². The van der Waals surface area contributed by atoms with Gasteiger partial charge >= 0.3 is 0 Å². The summed E-state index contributed by atoms with van der Waals surface area (Å²) in [5.41, 5.74) is 12.0. The van der Waals surface area contributed by atoms with Crippen LogP contribution in [0.3, 0.4) is 0 Å². The average Bonchev–Trinajstić information content (AvgIpc) is 3.45. The van der Waals surface area contributed by atoms with E-state index in [0.717, 1.165) is 34.7 Å². The molecule has 0 saturated heterocycles. The van der Waals surface area contributed by atoms with Gasteiger partial charge in [0.25, 0.3) is 0 Å². The molecule has 1 atom stereocenters. The summed E-state index contributed by atoms with van der Waals surface area (Å²) in [6, 6.07) is 10.3. The summed E-state index contributed by atoms with van der Waals surface area (Å²) in [6.45, 7) is 1.23. The molecule has 0 fully saturated rings. The molecule has 1 unspecified atom stereocenters. The van der Waals surface area contributed by atoms with Crippen LogP contribution in [0, 0.1) is 5.82 Å². The number of fused-ring (bicyclic) bond motifs is 2. The molecule has 1 aliphatic rings. The van der Waals surface area contributed by atoms with Gasteiger partial charge in [0.1, 0.15) is 5.82 Å². The number of nitrogens with one attached hydrogen (secondary N) is 1. The van der Waals surface area contributed by atoms with Crippen molar-refractivity contribution in [2.75, 3.05) is 11.4 Å². The molecule has 4 aromatic rings. The van der Waals surface area contributed by atoms with Crippen molar-refractivity contribution < 1.29 is 9.18 Å². The van der Waals surface area contributed by atoms with Gasteiger partial charge in [0.15, 0.2) is 18.3 Å². The van der Waals surface area contributed by atoms with Gasteiger partial charge in [0.2, 0.25) is 0 Å². The van der Waals surface area contributed by atoms with Crippen LogP contribution in [0.25, 0.3) is 21.8 Å². The van der Waals surface area contributed by atoms with Gasteiger partial charge in [-0.3, -0.25) is 15.1 Å². The first-order valence-electron chi connectivity index (χ1n) is 10.3. The van der Waals surface area contributed by atoms with Crippen LogP contribution in [0.4, 0.5) is 10.1 Å². The lowest BCUT2D eigenvalue weighted by atomic mass is 10.1. The van der Waals surface area contributed by atoms with E-state index in [-0.39, 0.29) is 5.82 Å². The van der Waals surface area contributed by atoms with Crippen molar-refractivity contribution in [2.45, 2.75) is 19.1 Å². The number of aryl methyl sites for hydroxylation is 2. The molecule has 0 radical (unpaired) electrons. The number of halogens is 2. The minimum atomic E-state index is -0.726. The van der Waals surface area contributed by atoms with E-state index < -0.39 is 6.17 Å². The van der Waals surface area contributed by atoms with Gasteiger partial charge in [-0.1, -0.05) is 11.6 Å². The van der Waals surface area contributed by atoms with Crippen LogP contribution in [0.15, 0.2) is 53.9 Å². The van der Waals surface area contributed by atoms with Crippen LogP contribution in [-0.2, 0) is 18.4 Å². The quantitative estimate of drug-likeness (QED) is 0.438. The SMILES string of the molecule is Cn1cc(C2=NNC(C=O)N2c2cn(CCCN)c3ccc(F)cc23)c2cc(Cl)ccc21. The number of rotatable bonds is 6. The zero-order valence-corrected chi connectivity index (χ0v) is 18.2. The van der Waals surface area contributed by atoms with Gasteiger partial charge in [-0.2, -0.15) is 5.10 Å². The fraction of sp³-hybridized carbons (Fsp3) is 0.217. The summed E-state index contributed by atoms with van der Waals surface area (Å²) < 4.78 is 18.3. The Morgan fingerprint density at radius 2 is 2.00 bits per heavy atom. The molecule has 3 N–H and O–H groups in total. The first-order chi connectivity index (χ1) is 15.5. The second-order valence-corrected chi connectivity index (χ2v) is 8.28. The van der Waals surface area contributed by atoms with Crippen LogP contribution < -0.4 is 16.1 Å². The zero-order chi connectivity index (χ0) is 22.4. The summed E-state index contributed by atoms with van der Waals surface area (Å²) >= 11 is 6.27. The molecule has 3 heterocycles. The first-order valence-corrected chi connectivity index (χ1v) is 10.7. The Hall–Kier alpha value is -3.36. The molecule has 1 aliphatic heterocycles. The molecule has 2 aromatic heterocycles. The van der Waals surface area contributed by atoms with Gasteiger partial charge < -0.3 is 14.9 Å². The lowest BCUT2D eigenvalue weighted by Gasteiger charge is -2.23. The Labute approximate surface area is 188 Å². The number of anilines is 1. The van der Waals surface area contributed by atoms with Crippen molar-refractivity contribution in [3.63, 3.8) is 0 Å². The summed E-state index contributed by atoms with van der Waals surface area (Å²) in [7, 11) is 1.94. The maximum Gasteiger partial charge on any atom is 0.177 e. The second kappa shape index (κ2) is 7.96. The Balaban J connectivity index is 1.71. The van der Waals surface area contributed by atoms with Crippen molar-refractivity contribution in [1.29, 1.82) is 0 Å². The van der Waals surface area contributed by atoms with Gasteiger partial charge in [0.05, 0.1) is 11.2 Å². The molecule has 5 rings (SSSR count). The highest BCUT2D eigenvalue weighted by atomic mass is 35.5. The Bertz CT molecular complexity index is 1370. The molecule has 0 bridgehead atoms. The fourth-order valence-corrected chi connectivity index (χ4v) is 4.52. The van der Waals surface area contributed by atoms with E-state index in [0.29, 0.717) is 35.0 Å². The lowest BCUT2D eigenvalue weighted by Crippen LogP contribution is -2.41. The summed E-state index contributed by atoms with van der Waals surface area (Å²) in [5, 5.41) is 6.71. The van der Waals surface area contributed by atoms with Gasteiger partial charge in [-0.05, 0) is 49.4 Å². The van der Waals surface area contributed by atoms with E-state index >= 15 is 0 Å². The third kappa shape index (κ3) is 3.23. The van der Waals surface area contributed by atoms with Gasteiger partial charge in [-0.15, -0.1) is 0 Å². The molecule has 0 aliphatic carbocycles.